The van der Waals surface area contributed by atoms with E-state index in [1.54, 1.807) is 5.57 Å². The monoisotopic (exact) mass is 384 g/mol. The maximum absolute atomic E-state index is 5.92. The Morgan fingerprint density at radius 2 is 1.43 bits per heavy atom. The van der Waals surface area contributed by atoms with E-state index in [1.165, 1.54) is 102 Å². The largest absolute Gasteiger partial charge is 0.494 e. The number of ether oxygens (including phenoxy) is 1. The van der Waals surface area contributed by atoms with Gasteiger partial charge in [0.2, 0.25) is 0 Å². The molecule has 0 amide bonds. The molecule has 28 heavy (non-hydrogen) atoms. The smallest absolute Gasteiger partial charge is 0.119 e. The quantitative estimate of drug-likeness (QED) is 0.274. The highest BCUT2D eigenvalue weighted by Gasteiger charge is 2.15. The highest BCUT2D eigenvalue weighted by Crippen LogP contribution is 2.33. The summed E-state index contributed by atoms with van der Waals surface area (Å²) in [4.78, 5) is 0. The molecule has 1 aliphatic rings. The molecule has 158 valence electrons. The van der Waals surface area contributed by atoms with Gasteiger partial charge in [-0.05, 0) is 54.9 Å². The Labute approximate surface area is 175 Å². The standard InChI is InChI=1S/C27H44O/c1-3-5-7-9-11-13-23-28-27-21-19-26(20-22-27)25-17-15-24(16-18-25)14-12-10-8-6-4-2/h17,19-22,24H,3-16,18,23H2,1-2H3. The van der Waals surface area contributed by atoms with E-state index >= 15 is 0 Å². The zero-order chi connectivity index (χ0) is 19.9. The van der Waals surface area contributed by atoms with E-state index in [0.717, 1.165) is 18.3 Å². The molecule has 2 rings (SSSR count). The minimum absolute atomic E-state index is 0.855. The van der Waals surface area contributed by atoms with E-state index < -0.39 is 0 Å². The summed E-state index contributed by atoms with van der Waals surface area (Å²) < 4.78 is 5.92. The highest BCUT2D eigenvalue weighted by atomic mass is 16.5. The van der Waals surface area contributed by atoms with Gasteiger partial charge in [-0.2, -0.15) is 0 Å². The molecule has 1 atom stereocenters. The second-order valence-electron chi connectivity index (χ2n) is 8.71. The van der Waals surface area contributed by atoms with Gasteiger partial charge in [0, 0.05) is 0 Å². The van der Waals surface area contributed by atoms with E-state index in [2.05, 4.69) is 44.2 Å². The fourth-order valence-electron chi connectivity index (χ4n) is 4.29. The Hall–Kier alpha value is -1.24. The minimum Gasteiger partial charge on any atom is -0.494 e. The first-order valence-electron chi connectivity index (χ1n) is 12.3. The van der Waals surface area contributed by atoms with Gasteiger partial charge in [0.15, 0.2) is 0 Å². The number of allylic oxidation sites excluding steroid dienone is 2. The van der Waals surface area contributed by atoms with Crippen molar-refractivity contribution in [3.63, 3.8) is 0 Å². The van der Waals surface area contributed by atoms with Crippen LogP contribution in [-0.4, -0.2) is 6.61 Å². The number of hydrogen-bond donors (Lipinski definition) is 0. The summed E-state index contributed by atoms with van der Waals surface area (Å²) >= 11 is 0. The van der Waals surface area contributed by atoms with Gasteiger partial charge in [-0.25, -0.2) is 0 Å². The first kappa shape index (κ1) is 23.0. The third kappa shape index (κ3) is 9.30. The van der Waals surface area contributed by atoms with Crippen molar-refractivity contribution in [2.24, 2.45) is 5.92 Å². The Bertz CT molecular complexity index is 528. The van der Waals surface area contributed by atoms with Gasteiger partial charge in [-0.3, -0.25) is 0 Å². The molecule has 0 saturated heterocycles. The lowest BCUT2D eigenvalue weighted by molar-refractivity contribution is 0.304. The van der Waals surface area contributed by atoms with Crippen LogP contribution < -0.4 is 4.74 Å². The summed E-state index contributed by atoms with van der Waals surface area (Å²) in [5.74, 6) is 1.95. The molecule has 0 radical (unpaired) electrons. The molecule has 1 aromatic rings. The van der Waals surface area contributed by atoms with Gasteiger partial charge >= 0.3 is 0 Å². The van der Waals surface area contributed by atoms with Gasteiger partial charge in [0.1, 0.15) is 5.75 Å². The van der Waals surface area contributed by atoms with Gasteiger partial charge in [0.05, 0.1) is 6.61 Å². The van der Waals surface area contributed by atoms with Crippen molar-refractivity contribution in [1.29, 1.82) is 0 Å². The van der Waals surface area contributed by atoms with Gasteiger partial charge in [0.25, 0.3) is 0 Å². The maximum Gasteiger partial charge on any atom is 0.119 e. The molecular weight excluding hydrogens is 340 g/mol. The van der Waals surface area contributed by atoms with Crippen LogP contribution in [0.2, 0.25) is 0 Å². The topological polar surface area (TPSA) is 9.23 Å². The first-order chi connectivity index (χ1) is 13.8. The lowest BCUT2D eigenvalue weighted by Gasteiger charge is -2.22. The maximum atomic E-state index is 5.92. The van der Waals surface area contributed by atoms with Crippen LogP contribution in [0.4, 0.5) is 0 Å². The van der Waals surface area contributed by atoms with Crippen LogP contribution in [0.5, 0.6) is 5.75 Å². The summed E-state index contributed by atoms with van der Waals surface area (Å²) in [5, 5.41) is 0. The second kappa shape index (κ2) is 14.7. The molecule has 0 aliphatic heterocycles. The van der Waals surface area contributed by atoms with Gasteiger partial charge < -0.3 is 4.74 Å². The molecule has 0 spiro atoms. The van der Waals surface area contributed by atoms with E-state index in [4.69, 9.17) is 4.74 Å². The molecular formula is C27H44O. The predicted molar refractivity (Wildman–Crippen MR) is 124 cm³/mol. The van der Waals surface area contributed by atoms with Crippen LogP contribution in [0.25, 0.3) is 5.57 Å². The SMILES string of the molecule is CCCCCCCCOc1ccc(C2=CCC(CCCCCCC)CC2)cc1. The van der Waals surface area contributed by atoms with Crippen LogP contribution in [0.15, 0.2) is 30.3 Å². The minimum atomic E-state index is 0.855. The fraction of sp³-hybridized carbons (Fsp3) is 0.704. The normalized spacial score (nSPS) is 16.8. The van der Waals surface area contributed by atoms with Gasteiger partial charge in [-0.15, -0.1) is 0 Å². The third-order valence-electron chi connectivity index (χ3n) is 6.23. The Kier molecular flexibility index (Phi) is 12.1. The average molecular weight is 385 g/mol. The number of hydrogen-bond acceptors (Lipinski definition) is 1. The molecule has 1 aliphatic carbocycles. The van der Waals surface area contributed by atoms with Crippen molar-refractivity contribution in [2.45, 2.75) is 110 Å². The Morgan fingerprint density at radius 3 is 2.07 bits per heavy atom. The van der Waals surface area contributed by atoms with E-state index in [1.807, 2.05) is 0 Å². The number of benzene rings is 1. The Balaban J connectivity index is 1.63. The van der Waals surface area contributed by atoms with Crippen LogP contribution in [-0.2, 0) is 0 Å². The number of rotatable bonds is 15. The summed E-state index contributed by atoms with van der Waals surface area (Å²) in [7, 11) is 0. The van der Waals surface area contributed by atoms with Crippen molar-refractivity contribution < 1.29 is 4.74 Å². The molecule has 1 aromatic carbocycles. The zero-order valence-electron chi connectivity index (χ0n) is 18.7. The van der Waals surface area contributed by atoms with Crippen LogP contribution in [0, 0.1) is 5.92 Å². The molecule has 0 fully saturated rings. The molecule has 0 aromatic heterocycles. The van der Waals surface area contributed by atoms with Gasteiger partial charge in [-0.1, -0.05) is 103 Å². The average Bonchev–Trinajstić information content (AvgIpc) is 2.74. The Morgan fingerprint density at radius 1 is 0.786 bits per heavy atom. The molecule has 1 unspecified atom stereocenters. The lowest BCUT2D eigenvalue weighted by Crippen LogP contribution is -2.05. The molecule has 0 bridgehead atoms. The van der Waals surface area contributed by atoms with Crippen molar-refractivity contribution in [1.82, 2.24) is 0 Å². The molecule has 1 nitrogen and oxygen atoms in total. The summed E-state index contributed by atoms with van der Waals surface area (Å²) in [6, 6.07) is 8.83. The van der Waals surface area contributed by atoms with E-state index in [0.29, 0.717) is 0 Å². The molecule has 0 heterocycles. The third-order valence-corrected chi connectivity index (χ3v) is 6.23. The first-order valence-corrected chi connectivity index (χ1v) is 12.3. The zero-order valence-corrected chi connectivity index (χ0v) is 18.7. The number of unbranched alkanes of at least 4 members (excludes halogenated alkanes) is 9. The van der Waals surface area contributed by atoms with Crippen molar-refractivity contribution in [3.8, 4) is 5.75 Å². The van der Waals surface area contributed by atoms with E-state index in [9.17, 15) is 0 Å². The van der Waals surface area contributed by atoms with Crippen LogP contribution >= 0.6 is 0 Å². The predicted octanol–water partition coefficient (Wildman–Crippen LogP) is 8.97. The molecule has 1 heteroatoms. The van der Waals surface area contributed by atoms with Crippen molar-refractivity contribution >= 4 is 5.57 Å². The fourth-order valence-corrected chi connectivity index (χ4v) is 4.29. The lowest BCUT2D eigenvalue weighted by atomic mass is 9.84. The van der Waals surface area contributed by atoms with E-state index in [-0.39, 0.29) is 0 Å². The summed E-state index contributed by atoms with van der Waals surface area (Å²) in [6.45, 7) is 5.42. The highest BCUT2D eigenvalue weighted by molar-refractivity contribution is 5.66. The second-order valence-corrected chi connectivity index (χ2v) is 8.71. The van der Waals surface area contributed by atoms with Crippen LogP contribution in [0.1, 0.15) is 116 Å². The van der Waals surface area contributed by atoms with Crippen LogP contribution in [0.3, 0.4) is 0 Å². The summed E-state index contributed by atoms with van der Waals surface area (Å²) in [6.07, 6.45) is 22.8. The summed E-state index contributed by atoms with van der Waals surface area (Å²) in [5.41, 5.74) is 2.94. The van der Waals surface area contributed by atoms with Crippen molar-refractivity contribution in [2.75, 3.05) is 6.61 Å². The van der Waals surface area contributed by atoms with Crippen molar-refractivity contribution in [3.05, 3.63) is 35.9 Å². The molecule has 0 N–H and O–H groups in total. The molecule has 0 saturated carbocycles.